The van der Waals surface area contributed by atoms with Crippen LogP contribution in [0, 0.1) is 12.7 Å². The fourth-order valence-corrected chi connectivity index (χ4v) is 3.13. The van der Waals surface area contributed by atoms with Gasteiger partial charge in [0.1, 0.15) is 11.6 Å². The van der Waals surface area contributed by atoms with Gasteiger partial charge in [-0.15, -0.1) is 10.2 Å². The highest BCUT2D eigenvalue weighted by Crippen LogP contribution is 2.30. The number of benzene rings is 1. The molecule has 1 aliphatic rings. The Morgan fingerprint density at radius 3 is 2.73 bits per heavy atom. The van der Waals surface area contributed by atoms with Crippen molar-refractivity contribution < 1.29 is 8.81 Å². The lowest BCUT2D eigenvalue weighted by atomic mass is 10.1. The van der Waals surface area contributed by atoms with E-state index in [1.807, 2.05) is 13.0 Å². The zero-order valence-corrected chi connectivity index (χ0v) is 12.5. The third-order valence-corrected chi connectivity index (χ3v) is 4.38. The Balaban J connectivity index is 1.81. The van der Waals surface area contributed by atoms with E-state index in [9.17, 15) is 4.39 Å². The molecule has 0 radical (unpaired) electrons. The topological polar surface area (TPSA) is 56.2 Å². The Morgan fingerprint density at radius 2 is 2.00 bits per heavy atom. The third-order valence-electron chi connectivity index (χ3n) is 3.45. The minimum Gasteiger partial charge on any atom is -0.469 e. The Bertz CT molecular complexity index is 866. The lowest BCUT2D eigenvalue weighted by molar-refractivity contribution is 0.534. The van der Waals surface area contributed by atoms with Crippen LogP contribution in [0.25, 0.3) is 11.4 Å². The van der Waals surface area contributed by atoms with Crippen LogP contribution in [-0.4, -0.2) is 26.3 Å². The molecule has 0 unspecified atom stereocenters. The number of fused-ring (bicyclic) bond motifs is 1. The van der Waals surface area contributed by atoms with Gasteiger partial charge in [-0.2, -0.15) is 9.78 Å². The summed E-state index contributed by atoms with van der Waals surface area (Å²) >= 11 is 1.55. The summed E-state index contributed by atoms with van der Waals surface area (Å²) in [6.07, 6.45) is 1.62. The Labute approximate surface area is 129 Å². The van der Waals surface area contributed by atoms with Crippen molar-refractivity contribution in [1.82, 2.24) is 14.9 Å². The van der Waals surface area contributed by atoms with Gasteiger partial charge in [0.15, 0.2) is 5.82 Å². The smallest absolute Gasteiger partial charge is 0.212 e. The summed E-state index contributed by atoms with van der Waals surface area (Å²) in [6.45, 7) is 1.87. The number of aromatic nitrogens is 3. The zero-order valence-electron chi connectivity index (χ0n) is 11.7. The summed E-state index contributed by atoms with van der Waals surface area (Å²) in [5.41, 5.74) is 2.62. The van der Waals surface area contributed by atoms with Gasteiger partial charge in [-0.3, -0.25) is 0 Å². The third kappa shape index (κ3) is 2.14. The summed E-state index contributed by atoms with van der Waals surface area (Å²) in [6, 6.07) is 8.18. The van der Waals surface area contributed by atoms with Crippen LogP contribution in [0.15, 0.2) is 51.3 Å². The molecule has 1 aliphatic heterocycles. The van der Waals surface area contributed by atoms with Crippen LogP contribution in [0.5, 0.6) is 0 Å². The number of nitrogens with zero attached hydrogens (tertiary/aromatic N) is 4. The van der Waals surface area contributed by atoms with Gasteiger partial charge < -0.3 is 4.42 Å². The second-order valence-electron chi connectivity index (χ2n) is 4.85. The van der Waals surface area contributed by atoms with Crippen LogP contribution in [0.2, 0.25) is 0 Å². The van der Waals surface area contributed by atoms with E-state index in [1.54, 1.807) is 34.8 Å². The van der Waals surface area contributed by atoms with Crippen LogP contribution in [0.4, 0.5) is 4.39 Å². The molecule has 0 saturated heterocycles. The monoisotopic (exact) mass is 314 g/mol. The van der Waals surface area contributed by atoms with E-state index in [2.05, 4.69) is 15.3 Å². The SMILES string of the molecule is Cc1occc1-c1nnc2n1N=C(c1ccc(F)cc1)CS2. The van der Waals surface area contributed by atoms with Crippen LogP contribution in [0.3, 0.4) is 0 Å². The quantitative estimate of drug-likeness (QED) is 0.728. The molecule has 4 rings (SSSR count). The minimum absolute atomic E-state index is 0.257. The van der Waals surface area contributed by atoms with E-state index >= 15 is 0 Å². The zero-order chi connectivity index (χ0) is 15.1. The molecule has 5 nitrogen and oxygen atoms in total. The summed E-state index contributed by atoms with van der Waals surface area (Å²) in [7, 11) is 0. The second kappa shape index (κ2) is 5.10. The average Bonchev–Trinajstić information content (AvgIpc) is 3.13. The first kappa shape index (κ1) is 13.3. The van der Waals surface area contributed by atoms with E-state index in [4.69, 9.17) is 4.42 Å². The molecule has 0 spiro atoms. The molecule has 22 heavy (non-hydrogen) atoms. The molecule has 7 heteroatoms. The molecular weight excluding hydrogens is 303 g/mol. The molecule has 110 valence electrons. The second-order valence-corrected chi connectivity index (χ2v) is 5.79. The highest BCUT2D eigenvalue weighted by molar-refractivity contribution is 7.99. The summed E-state index contributed by atoms with van der Waals surface area (Å²) in [4.78, 5) is 0. The van der Waals surface area contributed by atoms with E-state index in [1.165, 1.54) is 12.1 Å². The molecule has 3 aromatic rings. The normalized spacial score (nSPS) is 13.8. The number of rotatable bonds is 2. The number of hydrogen-bond donors (Lipinski definition) is 0. The summed E-state index contributed by atoms with van der Waals surface area (Å²) in [5.74, 6) is 1.83. The molecule has 2 aromatic heterocycles. The van der Waals surface area contributed by atoms with Crippen molar-refractivity contribution in [2.24, 2.45) is 5.10 Å². The van der Waals surface area contributed by atoms with Crippen LogP contribution >= 0.6 is 11.8 Å². The van der Waals surface area contributed by atoms with Crippen molar-refractivity contribution in [1.29, 1.82) is 0 Å². The minimum atomic E-state index is -0.257. The molecule has 0 aliphatic carbocycles. The van der Waals surface area contributed by atoms with Crippen LogP contribution in [0.1, 0.15) is 11.3 Å². The number of furan rings is 1. The number of aryl methyl sites for hydroxylation is 1. The van der Waals surface area contributed by atoms with Crippen molar-refractivity contribution in [2.45, 2.75) is 12.1 Å². The molecule has 0 fully saturated rings. The first-order valence-electron chi connectivity index (χ1n) is 6.69. The van der Waals surface area contributed by atoms with E-state index in [0.29, 0.717) is 11.6 Å². The number of thioether (sulfide) groups is 1. The first-order chi connectivity index (χ1) is 10.7. The van der Waals surface area contributed by atoms with E-state index in [-0.39, 0.29) is 5.82 Å². The van der Waals surface area contributed by atoms with Crippen LogP contribution in [-0.2, 0) is 0 Å². The summed E-state index contributed by atoms with van der Waals surface area (Å²) in [5, 5.41) is 13.7. The van der Waals surface area contributed by atoms with Gasteiger partial charge in [0.25, 0.3) is 0 Å². The fraction of sp³-hybridized carbons (Fsp3) is 0.133. The molecule has 0 amide bonds. The van der Waals surface area contributed by atoms with Gasteiger partial charge in [0, 0.05) is 5.75 Å². The van der Waals surface area contributed by atoms with Gasteiger partial charge in [0.2, 0.25) is 5.16 Å². The highest BCUT2D eigenvalue weighted by atomic mass is 32.2. The van der Waals surface area contributed by atoms with Crippen molar-refractivity contribution in [3.8, 4) is 11.4 Å². The molecule has 0 saturated carbocycles. The summed E-state index contributed by atoms with van der Waals surface area (Å²) < 4.78 is 20.1. The molecule has 3 heterocycles. The van der Waals surface area contributed by atoms with Crippen molar-refractivity contribution >= 4 is 17.5 Å². The van der Waals surface area contributed by atoms with Gasteiger partial charge in [-0.25, -0.2) is 4.39 Å². The Kier molecular flexibility index (Phi) is 3.07. The van der Waals surface area contributed by atoms with Gasteiger partial charge >= 0.3 is 0 Å². The maximum absolute atomic E-state index is 13.1. The van der Waals surface area contributed by atoms with E-state index in [0.717, 1.165) is 27.8 Å². The predicted octanol–water partition coefficient (Wildman–Crippen LogP) is 3.34. The maximum Gasteiger partial charge on any atom is 0.212 e. The van der Waals surface area contributed by atoms with E-state index < -0.39 is 0 Å². The fourth-order valence-electron chi connectivity index (χ4n) is 2.30. The molecule has 0 N–H and O–H groups in total. The van der Waals surface area contributed by atoms with Crippen molar-refractivity contribution in [3.05, 3.63) is 53.7 Å². The first-order valence-corrected chi connectivity index (χ1v) is 7.67. The number of halogens is 1. The van der Waals surface area contributed by atoms with Gasteiger partial charge in [-0.05, 0) is 30.7 Å². The van der Waals surface area contributed by atoms with Crippen molar-refractivity contribution in [3.63, 3.8) is 0 Å². The highest BCUT2D eigenvalue weighted by Gasteiger charge is 2.22. The average molecular weight is 314 g/mol. The lowest BCUT2D eigenvalue weighted by Gasteiger charge is -2.13. The molecule has 0 atom stereocenters. The van der Waals surface area contributed by atoms with Crippen molar-refractivity contribution in [2.75, 3.05) is 5.75 Å². The lowest BCUT2D eigenvalue weighted by Crippen LogP contribution is -2.13. The maximum atomic E-state index is 13.1. The Hall–Kier alpha value is -2.41. The van der Waals surface area contributed by atoms with Gasteiger partial charge in [0.05, 0.1) is 17.5 Å². The Morgan fingerprint density at radius 1 is 1.18 bits per heavy atom. The van der Waals surface area contributed by atoms with Crippen LogP contribution < -0.4 is 0 Å². The number of hydrogen-bond acceptors (Lipinski definition) is 5. The predicted molar refractivity (Wildman–Crippen MR) is 81.5 cm³/mol. The molecular formula is C15H11FN4OS. The standard InChI is InChI=1S/C15H11FN4OS/c1-9-12(6-7-21-9)14-17-18-15-20(14)19-13(8-22-15)10-2-4-11(16)5-3-10/h2-7H,8H2,1H3. The largest absolute Gasteiger partial charge is 0.469 e. The van der Waals surface area contributed by atoms with Gasteiger partial charge in [-0.1, -0.05) is 23.9 Å². The molecule has 1 aromatic carbocycles. The molecule has 0 bridgehead atoms.